The van der Waals surface area contributed by atoms with Gasteiger partial charge in [0, 0.05) is 11.6 Å². The van der Waals surface area contributed by atoms with Crippen LogP contribution in [0.3, 0.4) is 0 Å². The minimum absolute atomic E-state index is 0.0186. The zero-order valence-electron chi connectivity index (χ0n) is 14.2. The SMILES string of the molecule is O=C(CSc1n[nH]c(C2CC2)n1)N(c1ccccc1)C1CCS(=O)(=O)C1. The van der Waals surface area contributed by atoms with Crippen molar-refractivity contribution in [3.8, 4) is 0 Å². The summed E-state index contributed by atoms with van der Waals surface area (Å²) in [5, 5.41) is 7.66. The summed E-state index contributed by atoms with van der Waals surface area (Å²) in [4.78, 5) is 19.0. The molecule has 2 fully saturated rings. The van der Waals surface area contributed by atoms with E-state index < -0.39 is 9.84 Å². The highest BCUT2D eigenvalue weighted by molar-refractivity contribution is 7.99. The van der Waals surface area contributed by atoms with Crippen molar-refractivity contribution >= 4 is 33.2 Å². The first-order valence-electron chi connectivity index (χ1n) is 8.64. The zero-order chi connectivity index (χ0) is 18.1. The van der Waals surface area contributed by atoms with Gasteiger partial charge in [-0.3, -0.25) is 9.89 Å². The Bertz CT molecular complexity index is 894. The van der Waals surface area contributed by atoms with Crippen molar-refractivity contribution in [3.63, 3.8) is 0 Å². The van der Waals surface area contributed by atoms with Crippen molar-refractivity contribution in [1.82, 2.24) is 15.2 Å². The van der Waals surface area contributed by atoms with Crippen molar-refractivity contribution in [3.05, 3.63) is 36.2 Å². The highest BCUT2D eigenvalue weighted by atomic mass is 32.2. The van der Waals surface area contributed by atoms with E-state index in [-0.39, 0.29) is 29.2 Å². The number of rotatable bonds is 6. The van der Waals surface area contributed by atoms with Crippen molar-refractivity contribution in [2.75, 3.05) is 22.2 Å². The normalized spacial score (nSPS) is 21.6. The molecule has 9 heteroatoms. The molecule has 26 heavy (non-hydrogen) atoms. The third-order valence-corrected chi connectivity index (χ3v) is 7.23. The molecule has 1 aromatic heterocycles. The third-order valence-electron chi connectivity index (χ3n) is 4.65. The van der Waals surface area contributed by atoms with Gasteiger partial charge in [-0.1, -0.05) is 30.0 Å². The summed E-state index contributed by atoms with van der Waals surface area (Å²) in [5.41, 5.74) is 0.730. The van der Waals surface area contributed by atoms with E-state index in [2.05, 4.69) is 15.2 Å². The van der Waals surface area contributed by atoms with Crippen molar-refractivity contribution in [1.29, 1.82) is 0 Å². The summed E-state index contributed by atoms with van der Waals surface area (Å²) >= 11 is 1.28. The minimum Gasteiger partial charge on any atom is -0.308 e. The molecule has 0 radical (unpaired) electrons. The average molecular weight is 393 g/mol. The molecular formula is C17H20N4O3S2. The highest BCUT2D eigenvalue weighted by Crippen LogP contribution is 2.38. The molecule has 1 N–H and O–H groups in total. The molecule has 1 aromatic carbocycles. The topological polar surface area (TPSA) is 96.0 Å². The Kier molecular flexibility index (Phi) is 4.74. The lowest BCUT2D eigenvalue weighted by molar-refractivity contribution is -0.116. The number of thioether (sulfide) groups is 1. The quantitative estimate of drug-likeness (QED) is 0.756. The van der Waals surface area contributed by atoms with Crippen LogP contribution >= 0.6 is 11.8 Å². The van der Waals surface area contributed by atoms with E-state index in [0.717, 1.165) is 24.4 Å². The van der Waals surface area contributed by atoms with Crippen LogP contribution in [0.15, 0.2) is 35.5 Å². The summed E-state index contributed by atoms with van der Waals surface area (Å²) < 4.78 is 23.8. The summed E-state index contributed by atoms with van der Waals surface area (Å²) in [6.07, 6.45) is 2.74. The van der Waals surface area contributed by atoms with Crippen LogP contribution in [0.4, 0.5) is 5.69 Å². The fourth-order valence-corrected chi connectivity index (χ4v) is 5.55. The van der Waals surface area contributed by atoms with Crippen LogP contribution in [0.25, 0.3) is 0 Å². The molecule has 1 atom stereocenters. The summed E-state index contributed by atoms with van der Waals surface area (Å²) in [6, 6.07) is 8.94. The number of H-pyrrole nitrogens is 1. The van der Waals surface area contributed by atoms with Crippen LogP contribution in [0.2, 0.25) is 0 Å². The maximum absolute atomic E-state index is 12.9. The first-order valence-corrected chi connectivity index (χ1v) is 11.5. The van der Waals surface area contributed by atoms with Crippen molar-refractivity contribution < 1.29 is 13.2 Å². The number of aromatic amines is 1. The van der Waals surface area contributed by atoms with Gasteiger partial charge in [-0.15, -0.1) is 5.10 Å². The molecule has 2 aromatic rings. The summed E-state index contributed by atoms with van der Waals surface area (Å²) in [7, 11) is -3.08. The van der Waals surface area contributed by atoms with Gasteiger partial charge in [-0.25, -0.2) is 13.4 Å². The lowest BCUT2D eigenvalue weighted by Gasteiger charge is -2.28. The Hall–Kier alpha value is -1.87. The fraction of sp³-hybridized carbons (Fsp3) is 0.471. The van der Waals surface area contributed by atoms with E-state index in [9.17, 15) is 13.2 Å². The van der Waals surface area contributed by atoms with Crippen LogP contribution in [0, 0.1) is 0 Å². The van der Waals surface area contributed by atoms with E-state index >= 15 is 0 Å². The molecule has 138 valence electrons. The molecule has 1 aliphatic heterocycles. The molecule has 1 unspecified atom stereocenters. The predicted octanol–water partition coefficient (Wildman–Crippen LogP) is 1.99. The molecule has 7 nitrogen and oxygen atoms in total. The Morgan fingerprint density at radius 1 is 1.23 bits per heavy atom. The Labute approximate surface area is 156 Å². The smallest absolute Gasteiger partial charge is 0.237 e. The summed E-state index contributed by atoms with van der Waals surface area (Å²) in [5.74, 6) is 1.57. The number of aromatic nitrogens is 3. The number of nitrogens with zero attached hydrogens (tertiary/aromatic N) is 3. The first-order chi connectivity index (χ1) is 12.5. The molecule has 1 saturated heterocycles. The second-order valence-electron chi connectivity index (χ2n) is 6.72. The molecule has 2 heterocycles. The maximum atomic E-state index is 12.9. The maximum Gasteiger partial charge on any atom is 0.237 e. The molecule has 1 aliphatic carbocycles. The first kappa shape index (κ1) is 17.5. The number of hydrogen-bond donors (Lipinski definition) is 1. The molecule has 1 saturated carbocycles. The second-order valence-corrected chi connectivity index (χ2v) is 9.89. The zero-order valence-corrected chi connectivity index (χ0v) is 15.8. The largest absolute Gasteiger partial charge is 0.308 e. The average Bonchev–Trinajstić information content (AvgIpc) is 3.26. The Balaban J connectivity index is 1.48. The van der Waals surface area contributed by atoms with E-state index in [4.69, 9.17) is 0 Å². The summed E-state index contributed by atoms with van der Waals surface area (Å²) in [6.45, 7) is 0. The van der Waals surface area contributed by atoms with Crippen LogP contribution in [0.1, 0.15) is 31.0 Å². The Morgan fingerprint density at radius 3 is 2.65 bits per heavy atom. The number of amides is 1. The number of benzene rings is 1. The van der Waals surface area contributed by atoms with Gasteiger partial charge >= 0.3 is 0 Å². The third kappa shape index (κ3) is 3.93. The van der Waals surface area contributed by atoms with E-state index in [1.165, 1.54) is 11.8 Å². The van der Waals surface area contributed by atoms with E-state index in [1.54, 1.807) is 4.90 Å². The second kappa shape index (κ2) is 7.03. The minimum atomic E-state index is -3.08. The monoisotopic (exact) mass is 392 g/mol. The van der Waals surface area contributed by atoms with Gasteiger partial charge in [0.05, 0.1) is 23.3 Å². The van der Waals surface area contributed by atoms with Gasteiger partial charge in [0.15, 0.2) is 9.84 Å². The van der Waals surface area contributed by atoms with Gasteiger partial charge in [-0.2, -0.15) is 0 Å². The van der Waals surface area contributed by atoms with Gasteiger partial charge in [0.1, 0.15) is 5.82 Å². The van der Waals surface area contributed by atoms with Gasteiger partial charge in [0.2, 0.25) is 11.1 Å². The fourth-order valence-electron chi connectivity index (χ4n) is 3.18. The number of hydrogen-bond acceptors (Lipinski definition) is 6. The lowest BCUT2D eigenvalue weighted by atomic mass is 10.2. The van der Waals surface area contributed by atoms with Crippen LogP contribution < -0.4 is 4.90 Å². The number of carbonyl (C=O) groups is 1. The Morgan fingerprint density at radius 2 is 2.00 bits per heavy atom. The van der Waals surface area contributed by atoms with E-state index in [1.807, 2.05) is 30.3 Å². The molecule has 4 rings (SSSR count). The van der Waals surface area contributed by atoms with Gasteiger partial charge in [-0.05, 0) is 31.4 Å². The van der Waals surface area contributed by atoms with E-state index in [0.29, 0.717) is 17.5 Å². The number of nitrogens with one attached hydrogen (secondary N) is 1. The number of carbonyl (C=O) groups excluding carboxylic acids is 1. The molecule has 2 aliphatic rings. The molecular weight excluding hydrogens is 372 g/mol. The molecule has 1 amide bonds. The van der Waals surface area contributed by atoms with Gasteiger partial charge < -0.3 is 4.90 Å². The highest BCUT2D eigenvalue weighted by Gasteiger charge is 2.35. The van der Waals surface area contributed by atoms with Crippen LogP contribution in [-0.2, 0) is 14.6 Å². The lowest BCUT2D eigenvalue weighted by Crippen LogP contribution is -2.42. The van der Waals surface area contributed by atoms with Gasteiger partial charge in [0.25, 0.3) is 0 Å². The number of para-hydroxylation sites is 1. The predicted molar refractivity (Wildman–Crippen MR) is 100 cm³/mol. The molecule has 0 spiro atoms. The number of sulfone groups is 1. The number of anilines is 1. The molecule has 0 bridgehead atoms. The standard InChI is InChI=1S/C17H20N4O3S2/c22-15(10-25-17-18-16(19-20-17)12-6-7-12)21(13-4-2-1-3-5-13)14-8-9-26(23,24)11-14/h1-5,12,14H,6-11H2,(H,18,19,20). The van der Waals surface area contributed by atoms with Crippen LogP contribution in [0.5, 0.6) is 0 Å². The van der Waals surface area contributed by atoms with Crippen molar-refractivity contribution in [2.45, 2.75) is 36.4 Å². The van der Waals surface area contributed by atoms with Crippen LogP contribution in [-0.4, -0.2) is 52.8 Å². The van der Waals surface area contributed by atoms with Crippen molar-refractivity contribution in [2.24, 2.45) is 0 Å².